The first-order chi connectivity index (χ1) is 10.2. The average molecular weight is 295 g/mol. The highest BCUT2D eigenvalue weighted by molar-refractivity contribution is 5.87. The number of rotatable bonds is 3. The number of piperidine rings is 2. The van der Waals surface area contributed by atoms with Gasteiger partial charge in [-0.05, 0) is 38.8 Å². The van der Waals surface area contributed by atoms with E-state index in [9.17, 15) is 9.59 Å². The molecule has 3 aliphatic heterocycles. The lowest BCUT2D eigenvalue weighted by Crippen LogP contribution is -2.57. The molecular weight excluding hydrogens is 270 g/mol. The highest BCUT2D eigenvalue weighted by Gasteiger charge is 2.49. The molecule has 0 bridgehead atoms. The minimum atomic E-state index is -0.409. The number of ether oxygens (including phenoxy) is 1. The monoisotopic (exact) mass is 295 g/mol. The fourth-order valence-electron chi connectivity index (χ4n) is 4.11. The molecule has 0 saturated carbocycles. The van der Waals surface area contributed by atoms with E-state index < -0.39 is 5.41 Å². The number of methoxy groups -OCH3 is 1. The lowest BCUT2D eigenvalue weighted by molar-refractivity contribution is -0.152. The van der Waals surface area contributed by atoms with Crippen molar-refractivity contribution in [2.75, 3.05) is 39.9 Å². The third-order valence-electron chi connectivity index (χ3n) is 5.30. The molecule has 2 amide bonds. The molecule has 0 radical (unpaired) electrons. The molecule has 6 heteroatoms. The fraction of sp³-hybridized carbons (Fsp3) is 0.867. The molecule has 118 valence electrons. The Morgan fingerprint density at radius 2 is 2.19 bits per heavy atom. The Bertz CT molecular complexity index is 415. The summed E-state index contributed by atoms with van der Waals surface area (Å²) in [7, 11) is 1.66. The summed E-state index contributed by atoms with van der Waals surface area (Å²) in [4.78, 5) is 27.0. The molecule has 3 rings (SSSR count). The Labute approximate surface area is 125 Å². The van der Waals surface area contributed by atoms with Gasteiger partial charge in [-0.25, -0.2) is 0 Å². The van der Waals surface area contributed by atoms with Crippen molar-refractivity contribution in [3.05, 3.63) is 0 Å². The van der Waals surface area contributed by atoms with Gasteiger partial charge in [0.05, 0.1) is 24.0 Å². The molecule has 0 spiro atoms. The zero-order valence-corrected chi connectivity index (χ0v) is 12.7. The van der Waals surface area contributed by atoms with Crippen LogP contribution in [0.2, 0.25) is 0 Å². The molecule has 0 aromatic carbocycles. The molecule has 3 saturated heterocycles. The molecule has 2 atom stereocenters. The summed E-state index contributed by atoms with van der Waals surface area (Å²) >= 11 is 0. The minimum Gasteiger partial charge on any atom is -0.384 e. The second-order valence-corrected chi connectivity index (χ2v) is 6.52. The smallest absolute Gasteiger partial charge is 0.231 e. The molecule has 21 heavy (non-hydrogen) atoms. The van der Waals surface area contributed by atoms with Crippen molar-refractivity contribution in [2.24, 2.45) is 11.3 Å². The van der Waals surface area contributed by atoms with Crippen LogP contribution in [0.25, 0.3) is 0 Å². The summed E-state index contributed by atoms with van der Waals surface area (Å²) in [6, 6.07) is 0.0439. The number of nitrogens with zero attached hydrogens (tertiary/aromatic N) is 1. The first-order valence-corrected chi connectivity index (χ1v) is 7.96. The average Bonchev–Trinajstić information content (AvgIpc) is 2.89. The highest BCUT2D eigenvalue weighted by atomic mass is 16.5. The van der Waals surface area contributed by atoms with Crippen molar-refractivity contribution in [1.29, 1.82) is 0 Å². The van der Waals surface area contributed by atoms with Crippen LogP contribution < -0.4 is 10.6 Å². The first-order valence-electron chi connectivity index (χ1n) is 7.96. The maximum Gasteiger partial charge on any atom is 0.231 e. The summed E-state index contributed by atoms with van der Waals surface area (Å²) in [6.07, 6.45) is 3.45. The second-order valence-electron chi connectivity index (χ2n) is 6.52. The maximum absolute atomic E-state index is 13.2. The van der Waals surface area contributed by atoms with Crippen molar-refractivity contribution in [3.8, 4) is 0 Å². The van der Waals surface area contributed by atoms with Gasteiger partial charge in [0.15, 0.2) is 0 Å². The Morgan fingerprint density at radius 1 is 1.43 bits per heavy atom. The van der Waals surface area contributed by atoms with Gasteiger partial charge in [0, 0.05) is 20.2 Å². The van der Waals surface area contributed by atoms with Crippen LogP contribution in [0.15, 0.2) is 0 Å². The molecule has 2 N–H and O–H groups in total. The van der Waals surface area contributed by atoms with E-state index in [4.69, 9.17) is 4.74 Å². The van der Waals surface area contributed by atoms with Crippen molar-refractivity contribution in [2.45, 2.75) is 31.7 Å². The summed E-state index contributed by atoms with van der Waals surface area (Å²) in [5.74, 6) is 0.296. The van der Waals surface area contributed by atoms with Crippen LogP contribution >= 0.6 is 0 Å². The number of fused-ring (bicyclic) bond motifs is 1. The molecule has 2 unspecified atom stereocenters. The van der Waals surface area contributed by atoms with E-state index in [1.807, 2.05) is 4.90 Å². The Morgan fingerprint density at radius 3 is 2.90 bits per heavy atom. The van der Waals surface area contributed by atoms with Gasteiger partial charge in [0.1, 0.15) is 0 Å². The van der Waals surface area contributed by atoms with Crippen LogP contribution in [-0.2, 0) is 14.3 Å². The predicted molar refractivity (Wildman–Crippen MR) is 77.6 cm³/mol. The summed E-state index contributed by atoms with van der Waals surface area (Å²) in [5.41, 5.74) is -0.409. The predicted octanol–water partition coefficient (Wildman–Crippen LogP) is -0.260. The van der Waals surface area contributed by atoms with E-state index in [0.29, 0.717) is 13.2 Å². The highest BCUT2D eigenvalue weighted by Crippen LogP contribution is 2.36. The van der Waals surface area contributed by atoms with E-state index in [1.54, 1.807) is 7.11 Å². The van der Waals surface area contributed by atoms with Crippen LogP contribution in [0.5, 0.6) is 0 Å². The van der Waals surface area contributed by atoms with Crippen LogP contribution in [0.4, 0.5) is 0 Å². The van der Waals surface area contributed by atoms with Gasteiger partial charge in [-0.1, -0.05) is 0 Å². The summed E-state index contributed by atoms with van der Waals surface area (Å²) < 4.78 is 5.37. The molecule has 0 aliphatic carbocycles. The lowest BCUT2D eigenvalue weighted by atomic mass is 9.77. The van der Waals surface area contributed by atoms with Crippen molar-refractivity contribution < 1.29 is 14.3 Å². The van der Waals surface area contributed by atoms with Crippen LogP contribution in [0.3, 0.4) is 0 Å². The van der Waals surface area contributed by atoms with E-state index in [-0.39, 0.29) is 23.8 Å². The largest absolute Gasteiger partial charge is 0.384 e. The Hall–Kier alpha value is -1.14. The van der Waals surface area contributed by atoms with Gasteiger partial charge >= 0.3 is 0 Å². The van der Waals surface area contributed by atoms with Crippen molar-refractivity contribution >= 4 is 11.8 Å². The van der Waals surface area contributed by atoms with Crippen LogP contribution in [-0.4, -0.2) is 62.7 Å². The number of likely N-dealkylation sites (tertiary alicyclic amines) is 1. The normalized spacial score (nSPS) is 31.7. The third kappa shape index (κ3) is 2.55. The molecule has 3 heterocycles. The summed E-state index contributed by atoms with van der Waals surface area (Å²) in [5, 5.41) is 6.23. The molecule has 3 aliphatic rings. The lowest BCUT2D eigenvalue weighted by Gasteiger charge is -2.44. The zero-order valence-electron chi connectivity index (χ0n) is 12.7. The maximum atomic E-state index is 13.2. The molecule has 3 fully saturated rings. The van der Waals surface area contributed by atoms with Gasteiger partial charge in [-0.3, -0.25) is 9.59 Å². The standard InChI is InChI=1S/C15H25N3O3/c1-21-10-15(4-6-16-7-5-15)14(20)18-8-2-3-11-12(18)9-17-13(11)19/h11-12,16H,2-10H2,1H3,(H,17,19). The quantitative estimate of drug-likeness (QED) is 0.752. The minimum absolute atomic E-state index is 0.0102. The number of amides is 2. The number of carbonyl (C=O) groups is 2. The van der Waals surface area contributed by atoms with Gasteiger partial charge in [0.2, 0.25) is 11.8 Å². The number of nitrogens with one attached hydrogen (secondary N) is 2. The van der Waals surface area contributed by atoms with Gasteiger partial charge < -0.3 is 20.3 Å². The topological polar surface area (TPSA) is 70.7 Å². The summed E-state index contributed by atoms with van der Waals surface area (Å²) in [6.45, 7) is 3.57. The third-order valence-corrected chi connectivity index (χ3v) is 5.30. The van der Waals surface area contributed by atoms with E-state index >= 15 is 0 Å². The van der Waals surface area contributed by atoms with Gasteiger partial charge in [-0.15, -0.1) is 0 Å². The van der Waals surface area contributed by atoms with E-state index in [0.717, 1.165) is 45.3 Å². The number of hydrogen-bond donors (Lipinski definition) is 2. The van der Waals surface area contributed by atoms with Gasteiger partial charge in [-0.2, -0.15) is 0 Å². The second kappa shape index (κ2) is 5.93. The Balaban J connectivity index is 1.80. The van der Waals surface area contributed by atoms with E-state index in [2.05, 4.69) is 10.6 Å². The molecule has 0 aromatic rings. The van der Waals surface area contributed by atoms with Crippen molar-refractivity contribution in [1.82, 2.24) is 15.5 Å². The van der Waals surface area contributed by atoms with Crippen LogP contribution in [0.1, 0.15) is 25.7 Å². The first kappa shape index (κ1) is 14.8. The van der Waals surface area contributed by atoms with Gasteiger partial charge in [0.25, 0.3) is 0 Å². The fourth-order valence-corrected chi connectivity index (χ4v) is 4.11. The Kier molecular flexibility index (Phi) is 4.17. The number of hydrogen-bond acceptors (Lipinski definition) is 4. The molecular formula is C15H25N3O3. The number of carbonyl (C=O) groups excluding carboxylic acids is 2. The van der Waals surface area contributed by atoms with E-state index in [1.165, 1.54) is 0 Å². The SMILES string of the molecule is COCC1(C(=O)N2CCCC3C(=O)NCC32)CCNCC1. The molecule has 6 nitrogen and oxygen atoms in total. The van der Waals surface area contributed by atoms with Crippen LogP contribution in [0, 0.1) is 11.3 Å². The molecule has 0 aromatic heterocycles. The van der Waals surface area contributed by atoms with Crippen molar-refractivity contribution in [3.63, 3.8) is 0 Å². The zero-order chi connectivity index (χ0) is 14.9.